The van der Waals surface area contributed by atoms with Gasteiger partial charge in [0.25, 0.3) is 0 Å². The van der Waals surface area contributed by atoms with Crippen molar-refractivity contribution in [2.24, 2.45) is 5.73 Å². The number of halogens is 1. The minimum atomic E-state index is -0.0645. The van der Waals surface area contributed by atoms with E-state index in [0.717, 1.165) is 23.6 Å². The van der Waals surface area contributed by atoms with Crippen LogP contribution in [0.2, 0.25) is 5.02 Å². The van der Waals surface area contributed by atoms with Crippen LogP contribution in [0.25, 0.3) is 0 Å². The average Bonchev–Trinajstić information content (AvgIpc) is 2.33. The third-order valence-electron chi connectivity index (χ3n) is 2.95. The van der Waals surface area contributed by atoms with E-state index in [1.165, 1.54) is 19.3 Å². The Kier molecular flexibility index (Phi) is 7.33. The molecule has 0 aromatic heterocycles. The highest BCUT2D eigenvalue weighted by atomic mass is 35.5. The van der Waals surface area contributed by atoms with Crippen LogP contribution >= 0.6 is 11.6 Å². The SMILES string of the molecule is CCCCCCOC(c1cccc(Cl)c1)C(C)N. The maximum absolute atomic E-state index is 6.00. The minimum Gasteiger partial charge on any atom is -0.372 e. The Morgan fingerprint density at radius 2 is 2.06 bits per heavy atom. The molecule has 2 atom stereocenters. The quantitative estimate of drug-likeness (QED) is 0.713. The number of hydrogen-bond donors (Lipinski definition) is 1. The maximum atomic E-state index is 6.00. The lowest BCUT2D eigenvalue weighted by atomic mass is 10.0. The zero-order valence-electron chi connectivity index (χ0n) is 11.4. The monoisotopic (exact) mass is 269 g/mol. The van der Waals surface area contributed by atoms with Gasteiger partial charge in [-0.2, -0.15) is 0 Å². The normalized spacial score (nSPS) is 14.4. The molecule has 0 aliphatic rings. The Morgan fingerprint density at radius 3 is 2.67 bits per heavy atom. The van der Waals surface area contributed by atoms with Crippen molar-refractivity contribution >= 4 is 11.6 Å². The van der Waals surface area contributed by atoms with Gasteiger partial charge in [-0.3, -0.25) is 0 Å². The van der Waals surface area contributed by atoms with Gasteiger partial charge in [-0.1, -0.05) is 49.9 Å². The molecule has 0 saturated heterocycles. The van der Waals surface area contributed by atoms with Crippen LogP contribution in [0.15, 0.2) is 24.3 Å². The fourth-order valence-electron chi connectivity index (χ4n) is 1.97. The summed E-state index contributed by atoms with van der Waals surface area (Å²) >= 11 is 6.00. The van der Waals surface area contributed by atoms with E-state index in [2.05, 4.69) is 6.92 Å². The second-order valence-electron chi connectivity index (χ2n) is 4.77. The molecule has 102 valence electrons. The molecule has 0 saturated carbocycles. The second kappa shape index (κ2) is 8.52. The summed E-state index contributed by atoms with van der Waals surface area (Å²) in [6, 6.07) is 7.72. The molecule has 0 radical (unpaired) electrons. The highest BCUT2D eigenvalue weighted by molar-refractivity contribution is 6.30. The largest absolute Gasteiger partial charge is 0.372 e. The fraction of sp³-hybridized carbons (Fsp3) is 0.600. The number of ether oxygens (including phenoxy) is 1. The first-order chi connectivity index (χ1) is 8.65. The van der Waals surface area contributed by atoms with Gasteiger partial charge >= 0.3 is 0 Å². The summed E-state index contributed by atoms with van der Waals surface area (Å²) in [5.74, 6) is 0. The molecule has 0 amide bonds. The summed E-state index contributed by atoms with van der Waals surface area (Å²) in [6.45, 7) is 4.94. The first kappa shape index (κ1) is 15.5. The van der Waals surface area contributed by atoms with E-state index < -0.39 is 0 Å². The van der Waals surface area contributed by atoms with Crippen LogP contribution in [0.3, 0.4) is 0 Å². The standard InChI is InChI=1S/C15H24ClNO/c1-3-4-5-6-10-18-15(12(2)17)13-8-7-9-14(16)11-13/h7-9,11-12,15H,3-6,10,17H2,1-2H3. The predicted octanol–water partition coefficient (Wildman–Crippen LogP) is 4.33. The number of rotatable bonds is 8. The zero-order chi connectivity index (χ0) is 13.4. The molecule has 2 N–H and O–H groups in total. The molecular formula is C15H24ClNO. The summed E-state index contributed by atoms with van der Waals surface area (Å²) < 4.78 is 5.91. The van der Waals surface area contributed by atoms with E-state index in [4.69, 9.17) is 22.1 Å². The summed E-state index contributed by atoms with van der Waals surface area (Å²) in [5, 5.41) is 0.729. The van der Waals surface area contributed by atoms with E-state index in [-0.39, 0.29) is 12.1 Å². The maximum Gasteiger partial charge on any atom is 0.0973 e. The van der Waals surface area contributed by atoms with Crippen molar-refractivity contribution in [3.63, 3.8) is 0 Å². The number of unbranched alkanes of at least 4 members (excludes halogenated alkanes) is 3. The predicted molar refractivity (Wildman–Crippen MR) is 77.9 cm³/mol. The van der Waals surface area contributed by atoms with E-state index in [9.17, 15) is 0 Å². The van der Waals surface area contributed by atoms with Crippen LogP contribution in [-0.2, 0) is 4.74 Å². The van der Waals surface area contributed by atoms with Crippen molar-refractivity contribution in [3.8, 4) is 0 Å². The lowest BCUT2D eigenvalue weighted by molar-refractivity contribution is 0.0359. The van der Waals surface area contributed by atoms with Gasteiger partial charge in [0, 0.05) is 17.7 Å². The summed E-state index contributed by atoms with van der Waals surface area (Å²) in [5.41, 5.74) is 7.05. The summed E-state index contributed by atoms with van der Waals surface area (Å²) in [4.78, 5) is 0. The Hall–Kier alpha value is -0.570. The van der Waals surface area contributed by atoms with Crippen LogP contribution < -0.4 is 5.73 Å². The van der Waals surface area contributed by atoms with Crippen molar-refractivity contribution in [2.45, 2.75) is 51.7 Å². The minimum absolute atomic E-state index is 0.0327. The van der Waals surface area contributed by atoms with Gasteiger partial charge in [0.15, 0.2) is 0 Å². The van der Waals surface area contributed by atoms with Gasteiger partial charge < -0.3 is 10.5 Å². The Labute approximate surface area is 115 Å². The molecule has 18 heavy (non-hydrogen) atoms. The van der Waals surface area contributed by atoms with Gasteiger partial charge in [0.1, 0.15) is 0 Å². The van der Waals surface area contributed by atoms with Gasteiger partial charge in [0.2, 0.25) is 0 Å². The Balaban J connectivity index is 2.50. The Morgan fingerprint density at radius 1 is 1.28 bits per heavy atom. The van der Waals surface area contributed by atoms with Crippen LogP contribution in [0.4, 0.5) is 0 Å². The number of benzene rings is 1. The highest BCUT2D eigenvalue weighted by Gasteiger charge is 2.16. The molecule has 1 rings (SSSR count). The van der Waals surface area contributed by atoms with Gasteiger partial charge in [-0.15, -0.1) is 0 Å². The Bertz CT molecular complexity index is 341. The molecule has 0 heterocycles. The van der Waals surface area contributed by atoms with E-state index >= 15 is 0 Å². The van der Waals surface area contributed by atoms with Gasteiger partial charge in [0.05, 0.1) is 6.10 Å². The van der Waals surface area contributed by atoms with Crippen molar-refractivity contribution in [3.05, 3.63) is 34.9 Å². The molecular weight excluding hydrogens is 246 g/mol. The van der Waals surface area contributed by atoms with Crippen LogP contribution in [0.5, 0.6) is 0 Å². The smallest absolute Gasteiger partial charge is 0.0973 e. The molecule has 0 aliphatic carbocycles. The van der Waals surface area contributed by atoms with E-state index in [1.54, 1.807) is 0 Å². The van der Waals surface area contributed by atoms with Crippen molar-refractivity contribution in [1.82, 2.24) is 0 Å². The van der Waals surface area contributed by atoms with Gasteiger partial charge in [-0.05, 0) is 31.0 Å². The molecule has 2 nitrogen and oxygen atoms in total. The molecule has 1 aromatic carbocycles. The van der Waals surface area contributed by atoms with Crippen LogP contribution in [0, 0.1) is 0 Å². The van der Waals surface area contributed by atoms with Crippen molar-refractivity contribution in [2.75, 3.05) is 6.61 Å². The molecule has 0 aliphatic heterocycles. The molecule has 0 spiro atoms. The molecule has 2 unspecified atom stereocenters. The lowest BCUT2D eigenvalue weighted by Gasteiger charge is -2.22. The van der Waals surface area contributed by atoms with Crippen molar-refractivity contribution < 1.29 is 4.74 Å². The van der Waals surface area contributed by atoms with E-state index in [1.807, 2.05) is 31.2 Å². The average molecular weight is 270 g/mol. The van der Waals surface area contributed by atoms with Crippen LogP contribution in [0.1, 0.15) is 51.2 Å². The second-order valence-corrected chi connectivity index (χ2v) is 5.20. The lowest BCUT2D eigenvalue weighted by Crippen LogP contribution is -2.27. The number of nitrogens with two attached hydrogens (primary N) is 1. The van der Waals surface area contributed by atoms with Crippen molar-refractivity contribution in [1.29, 1.82) is 0 Å². The molecule has 1 aromatic rings. The van der Waals surface area contributed by atoms with Crippen LogP contribution in [-0.4, -0.2) is 12.6 Å². The van der Waals surface area contributed by atoms with E-state index in [0.29, 0.717) is 0 Å². The third-order valence-corrected chi connectivity index (χ3v) is 3.19. The number of hydrogen-bond acceptors (Lipinski definition) is 2. The zero-order valence-corrected chi connectivity index (χ0v) is 12.1. The molecule has 3 heteroatoms. The summed E-state index contributed by atoms with van der Waals surface area (Å²) in [6.07, 6.45) is 4.76. The highest BCUT2D eigenvalue weighted by Crippen LogP contribution is 2.23. The van der Waals surface area contributed by atoms with Gasteiger partial charge in [-0.25, -0.2) is 0 Å². The first-order valence-corrected chi connectivity index (χ1v) is 7.15. The summed E-state index contributed by atoms with van der Waals surface area (Å²) in [7, 11) is 0. The first-order valence-electron chi connectivity index (χ1n) is 6.77. The molecule has 0 fully saturated rings. The fourth-order valence-corrected chi connectivity index (χ4v) is 2.17. The third kappa shape index (κ3) is 5.38. The topological polar surface area (TPSA) is 35.2 Å². The molecule has 0 bridgehead atoms.